The summed E-state index contributed by atoms with van der Waals surface area (Å²) in [4.78, 5) is 0. The molecule has 0 aliphatic carbocycles. The predicted molar refractivity (Wildman–Crippen MR) is 72.7 cm³/mol. The number of rotatable bonds is 3. The molecule has 0 heterocycles. The minimum atomic E-state index is -0.446. The van der Waals surface area contributed by atoms with Crippen LogP contribution in [-0.4, -0.2) is 7.11 Å². The third-order valence-electron chi connectivity index (χ3n) is 2.81. The average Bonchev–Trinajstić information content (AvgIpc) is 2.42. The summed E-state index contributed by atoms with van der Waals surface area (Å²) in [6.07, 6.45) is 0.285. The van der Waals surface area contributed by atoms with E-state index < -0.39 is 5.82 Å². The first-order valence-electron chi connectivity index (χ1n) is 5.65. The molecule has 19 heavy (non-hydrogen) atoms. The summed E-state index contributed by atoms with van der Waals surface area (Å²) in [5.41, 5.74) is 2.48. The summed E-state index contributed by atoms with van der Waals surface area (Å²) >= 11 is 5.77. The van der Waals surface area contributed by atoms with Gasteiger partial charge in [-0.25, -0.2) is 4.39 Å². The molecule has 0 saturated carbocycles. The summed E-state index contributed by atoms with van der Waals surface area (Å²) in [5, 5.41) is 8.81. The quantitative estimate of drug-likeness (QED) is 0.840. The zero-order valence-electron chi connectivity index (χ0n) is 10.3. The second-order valence-corrected chi connectivity index (χ2v) is 4.40. The summed E-state index contributed by atoms with van der Waals surface area (Å²) in [6.45, 7) is 0. The lowest BCUT2D eigenvalue weighted by Crippen LogP contribution is -1.92. The fourth-order valence-electron chi connectivity index (χ4n) is 1.83. The third-order valence-corrected chi connectivity index (χ3v) is 3.10. The van der Waals surface area contributed by atoms with Gasteiger partial charge in [0.25, 0.3) is 0 Å². The Morgan fingerprint density at radius 3 is 2.53 bits per heavy atom. The number of methoxy groups -OCH3 is 1. The molecule has 96 valence electrons. The Kier molecular flexibility index (Phi) is 4.03. The molecular weight excluding hydrogens is 265 g/mol. The van der Waals surface area contributed by atoms with Gasteiger partial charge in [0.05, 0.1) is 24.6 Å². The van der Waals surface area contributed by atoms with Gasteiger partial charge in [0.2, 0.25) is 0 Å². The van der Waals surface area contributed by atoms with Crippen LogP contribution in [0.25, 0.3) is 11.1 Å². The topological polar surface area (TPSA) is 33.0 Å². The van der Waals surface area contributed by atoms with Crippen LogP contribution in [-0.2, 0) is 6.42 Å². The Balaban J connectivity index is 2.45. The molecule has 0 unspecified atom stereocenters. The zero-order valence-corrected chi connectivity index (χ0v) is 11.0. The van der Waals surface area contributed by atoms with Gasteiger partial charge in [0.15, 0.2) is 0 Å². The van der Waals surface area contributed by atoms with Crippen LogP contribution >= 0.6 is 11.6 Å². The highest BCUT2D eigenvalue weighted by Gasteiger charge is 2.07. The van der Waals surface area contributed by atoms with Crippen LogP contribution in [0.4, 0.5) is 4.39 Å². The molecule has 4 heteroatoms. The van der Waals surface area contributed by atoms with E-state index in [2.05, 4.69) is 6.07 Å². The van der Waals surface area contributed by atoms with Crippen molar-refractivity contribution in [1.29, 1.82) is 5.26 Å². The highest BCUT2D eigenvalue weighted by molar-refractivity contribution is 6.31. The van der Waals surface area contributed by atoms with E-state index >= 15 is 0 Å². The first kappa shape index (κ1) is 13.4. The maximum Gasteiger partial charge on any atom is 0.141 e. The number of hydrogen-bond donors (Lipinski definition) is 0. The van der Waals surface area contributed by atoms with Crippen molar-refractivity contribution in [2.24, 2.45) is 0 Å². The van der Waals surface area contributed by atoms with Crippen molar-refractivity contribution in [2.45, 2.75) is 6.42 Å². The normalized spacial score (nSPS) is 10.0. The van der Waals surface area contributed by atoms with Crippen LogP contribution in [0.15, 0.2) is 36.4 Å². The fraction of sp³-hybridized carbons (Fsp3) is 0.133. The minimum absolute atomic E-state index is 0.0811. The van der Waals surface area contributed by atoms with Crippen molar-refractivity contribution >= 4 is 11.6 Å². The van der Waals surface area contributed by atoms with Crippen LogP contribution in [0.2, 0.25) is 5.02 Å². The average molecular weight is 276 g/mol. The molecule has 0 radical (unpaired) electrons. The summed E-state index contributed by atoms with van der Waals surface area (Å²) in [6, 6.07) is 12.1. The molecular formula is C15H11ClFNO. The van der Waals surface area contributed by atoms with Gasteiger partial charge in [0.1, 0.15) is 11.6 Å². The van der Waals surface area contributed by atoms with Crippen molar-refractivity contribution in [2.75, 3.05) is 7.11 Å². The second kappa shape index (κ2) is 5.73. The van der Waals surface area contributed by atoms with E-state index in [1.165, 1.54) is 6.07 Å². The molecule has 2 rings (SSSR count). The van der Waals surface area contributed by atoms with E-state index in [9.17, 15) is 4.39 Å². The van der Waals surface area contributed by atoms with Crippen molar-refractivity contribution < 1.29 is 9.13 Å². The maximum absolute atomic E-state index is 13.1. The monoisotopic (exact) mass is 275 g/mol. The molecule has 2 aromatic rings. The lowest BCUT2D eigenvalue weighted by Gasteiger charge is -2.09. The number of benzene rings is 2. The third kappa shape index (κ3) is 2.86. The molecule has 0 spiro atoms. The van der Waals surface area contributed by atoms with Crippen molar-refractivity contribution in [1.82, 2.24) is 0 Å². The van der Waals surface area contributed by atoms with Gasteiger partial charge in [-0.2, -0.15) is 5.26 Å². The fourth-order valence-corrected chi connectivity index (χ4v) is 2.01. The lowest BCUT2D eigenvalue weighted by atomic mass is 10.0. The van der Waals surface area contributed by atoms with E-state index in [1.54, 1.807) is 19.2 Å². The van der Waals surface area contributed by atoms with Crippen LogP contribution in [0.3, 0.4) is 0 Å². The maximum atomic E-state index is 13.1. The summed E-state index contributed by atoms with van der Waals surface area (Å²) < 4.78 is 18.4. The molecule has 0 atom stereocenters. The number of ether oxygens (including phenoxy) is 1. The number of nitrogens with zero attached hydrogens (tertiary/aromatic N) is 1. The second-order valence-electron chi connectivity index (χ2n) is 3.99. The van der Waals surface area contributed by atoms with Crippen LogP contribution in [0, 0.1) is 17.1 Å². The van der Waals surface area contributed by atoms with Crippen molar-refractivity contribution in [3.63, 3.8) is 0 Å². The Labute approximate surface area is 116 Å². The van der Waals surface area contributed by atoms with Crippen LogP contribution in [0.1, 0.15) is 5.56 Å². The van der Waals surface area contributed by atoms with Crippen molar-refractivity contribution in [3.05, 3.63) is 52.8 Å². The van der Waals surface area contributed by atoms with E-state index in [1.807, 2.05) is 18.2 Å². The first-order valence-corrected chi connectivity index (χ1v) is 6.03. The van der Waals surface area contributed by atoms with E-state index in [4.69, 9.17) is 21.6 Å². The molecule has 0 saturated heterocycles. The highest BCUT2D eigenvalue weighted by Crippen LogP contribution is 2.29. The zero-order chi connectivity index (χ0) is 13.8. The molecule has 0 fully saturated rings. The smallest absolute Gasteiger partial charge is 0.141 e. The highest BCUT2D eigenvalue weighted by atomic mass is 35.5. The molecule has 2 nitrogen and oxygen atoms in total. The largest absolute Gasteiger partial charge is 0.496 e. The molecule has 0 N–H and O–H groups in total. The van der Waals surface area contributed by atoms with Gasteiger partial charge in [-0.15, -0.1) is 0 Å². The lowest BCUT2D eigenvalue weighted by molar-refractivity contribution is 0.411. The summed E-state index contributed by atoms with van der Waals surface area (Å²) in [5.74, 6) is 0.193. The van der Waals surface area contributed by atoms with Gasteiger partial charge in [-0.3, -0.25) is 0 Å². The van der Waals surface area contributed by atoms with Crippen LogP contribution in [0.5, 0.6) is 5.75 Å². The van der Waals surface area contributed by atoms with Gasteiger partial charge in [0, 0.05) is 5.56 Å². The molecule has 0 aromatic heterocycles. The number of hydrogen-bond acceptors (Lipinski definition) is 2. The first-order chi connectivity index (χ1) is 9.15. The summed E-state index contributed by atoms with van der Waals surface area (Å²) in [7, 11) is 1.55. The van der Waals surface area contributed by atoms with E-state index in [-0.39, 0.29) is 11.4 Å². The van der Waals surface area contributed by atoms with Gasteiger partial charge >= 0.3 is 0 Å². The minimum Gasteiger partial charge on any atom is -0.496 e. The van der Waals surface area contributed by atoms with Crippen LogP contribution < -0.4 is 4.74 Å². The Morgan fingerprint density at radius 2 is 1.89 bits per heavy atom. The van der Waals surface area contributed by atoms with Gasteiger partial charge in [-0.1, -0.05) is 29.8 Å². The Morgan fingerprint density at radius 1 is 1.21 bits per heavy atom. The molecule has 0 aliphatic rings. The Hall–Kier alpha value is -2.05. The number of nitriles is 1. The molecule has 0 bridgehead atoms. The molecule has 0 aliphatic heterocycles. The molecule has 0 amide bonds. The van der Waals surface area contributed by atoms with Gasteiger partial charge < -0.3 is 4.74 Å². The van der Waals surface area contributed by atoms with Crippen molar-refractivity contribution in [3.8, 4) is 22.9 Å². The predicted octanol–water partition coefficient (Wildman–Crippen LogP) is 4.22. The van der Waals surface area contributed by atoms with Gasteiger partial charge in [-0.05, 0) is 29.3 Å². The molecule has 2 aromatic carbocycles. The Bertz CT molecular complexity index is 649. The van der Waals surface area contributed by atoms with E-state index in [0.717, 1.165) is 16.7 Å². The number of halogens is 2. The standard InChI is InChI=1S/C15H11ClFNO/c1-19-15-9-12(3-2-10(15)6-7-18)11-4-5-14(17)13(16)8-11/h2-5,8-9H,6H2,1H3. The SMILES string of the molecule is COc1cc(-c2ccc(F)c(Cl)c2)ccc1CC#N. The van der Waals surface area contributed by atoms with E-state index in [0.29, 0.717) is 5.75 Å².